The smallest absolute Gasteiger partial charge is 0.255 e. The molecular formula is C14H23N3OS. The van der Waals surface area contributed by atoms with Crippen LogP contribution < -0.4 is 10.6 Å². The molecule has 0 spiro atoms. The zero-order chi connectivity index (χ0) is 13.9. The van der Waals surface area contributed by atoms with E-state index in [-0.39, 0.29) is 5.91 Å². The van der Waals surface area contributed by atoms with Crippen LogP contribution >= 0.6 is 11.8 Å². The number of pyridine rings is 1. The zero-order valence-corrected chi connectivity index (χ0v) is 12.6. The van der Waals surface area contributed by atoms with Gasteiger partial charge in [-0.3, -0.25) is 4.79 Å². The molecule has 1 heterocycles. The Bertz CT molecular complexity index is 385. The van der Waals surface area contributed by atoms with Crippen LogP contribution in [0.1, 0.15) is 36.0 Å². The molecule has 19 heavy (non-hydrogen) atoms. The van der Waals surface area contributed by atoms with E-state index in [2.05, 4.69) is 21.9 Å². The van der Waals surface area contributed by atoms with E-state index in [0.717, 1.165) is 13.0 Å². The summed E-state index contributed by atoms with van der Waals surface area (Å²) in [7, 11) is 1.77. The highest BCUT2D eigenvalue weighted by molar-refractivity contribution is 7.98. The SMILES string of the molecule is CNc1ncccc1C(=O)NCCCCCCSC. The van der Waals surface area contributed by atoms with Gasteiger partial charge in [-0.15, -0.1) is 0 Å². The first kappa shape index (κ1) is 15.8. The summed E-state index contributed by atoms with van der Waals surface area (Å²) in [5.41, 5.74) is 0.604. The quantitative estimate of drug-likeness (QED) is 0.683. The molecular weight excluding hydrogens is 258 g/mol. The average molecular weight is 281 g/mol. The molecule has 0 fully saturated rings. The summed E-state index contributed by atoms with van der Waals surface area (Å²) in [6, 6.07) is 3.56. The fourth-order valence-corrected chi connectivity index (χ4v) is 2.30. The largest absolute Gasteiger partial charge is 0.372 e. The van der Waals surface area contributed by atoms with Gasteiger partial charge >= 0.3 is 0 Å². The number of rotatable bonds is 9. The number of carbonyl (C=O) groups excluding carboxylic acids is 1. The maximum atomic E-state index is 12.0. The van der Waals surface area contributed by atoms with Crippen molar-refractivity contribution < 1.29 is 4.79 Å². The van der Waals surface area contributed by atoms with Gasteiger partial charge in [0, 0.05) is 19.8 Å². The van der Waals surface area contributed by atoms with Gasteiger partial charge in [0.25, 0.3) is 5.91 Å². The van der Waals surface area contributed by atoms with E-state index in [1.807, 2.05) is 11.8 Å². The number of hydrogen-bond acceptors (Lipinski definition) is 4. The number of anilines is 1. The monoisotopic (exact) mass is 281 g/mol. The number of aromatic nitrogens is 1. The minimum Gasteiger partial charge on any atom is -0.372 e. The third-order valence-electron chi connectivity index (χ3n) is 2.85. The number of amides is 1. The minimum absolute atomic E-state index is 0.0541. The van der Waals surface area contributed by atoms with E-state index in [0.29, 0.717) is 11.4 Å². The van der Waals surface area contributed by atoms with Gasteiger partial charge in [0.2, 0.25) is 0 Å². The summed E-state index contributed by atoms with van der Waals surface area (Å²) in [5.74, 6) is 1.80. The molecule has 0 bridgehead atoms. The third-order valence-corrected chi connectivity index (χ3v) is 3.55. The molecule has 1 rings (SSSR count). The predicted molar refractivity (Wildman–Crippen MR) is 83.0 cm³/mol. The Morgan fingerprint density at radius 1 is 1.32 bits per heavy atom. The summed E-state index contributed by atoms with van der Waals surface area (Å²) >= 11 is 1.89. The molecule has 0 aliphatic carbocycles. The second kappa shape index (κ2) is 9.67. The molecule has 0 unspecified atom stereocenters. The van der Waals surface area contributed by atoms with Gasteiger partial charge in [-0.05, 0) is 37.0 Å². The van der Waals surface area contributed by atoms with Crippen molar-refractivity contribution in [2.45, 2.75) is 25.7 Å². The van der Waals surface area contributed by atoms with Crippen LogP contribution in [-0.4, -0.2) is 36.5 Å². The van der Waals surface area contributed by atoms with Gasteiger partial charge < -0.3 is 10.6 Å². The fourth-order valence-electron chi connectivity index (χ4n) is 1.81. The van der Waals surface area contributed by atoms with Gasteiger partial charge in [0.1, 0.15) is 5.82 Å². The number of thioether (sulfide) groups is 1. The maximum absolute atomic E-state index is 12.0. The van der Waals surface area contributed by atoms with Crippen LogP contribution in [-0.2, 0) is 0 Å². The summed E-state index contributed by atoms with van der Waals surface area (Å²) in [6.45, 7) is 0.732. The Morgan fingerprint density at radius 3 is 2.84 bits per heavy atom. The zero-order valence-electron chi connectivity index (χ0n) is 11.7. The first-order valence-corrected chi connectivity index (χ1v) is 8.09. The van der Waals surface area contributed by atoms with Gasteiger partial charge in [-0.2, -0.15) is 11.8 Å². The van der Waals surface area contributed by atoms with E-state index in [1.54, 1.807) is 25.4 Å². The topological polar surface area (TPSA) is 54.0 Å². The van der Waals surface area contributed by atoms with Crippen LogP contribution in [0, 0.1) is 0 Å². The molecule has 0 atom stereocenters. The molecule has 5 heteroatoms. The van der Waals surface area contributed by atoms with Crippen LogP contribution in [0.5, 0.6) is 0 Å². The molecule has 2 N–H and O–H groups in total. The Labute approximate surface area is 119 Å². The molecule has 1 aromatic heterocycles. The van der Waals surface area contributed by atoms with Crippen LogP contribution in [0.25, 0.3) is 0 Å². The highest BCUT2D eigenvalue weighted by Crippen LogP contribution is 2.10. The van der Waals surface area contributed by atoms with Crippen molar-refractivity contribution in [2.75, 3.05) is 30.9 Å². The predicted octanol–water partition coefficient (Wildman–Crippen LogP) is 2.78. The van der Waals surface area contributed by atoms with Crippen molar-refractivity contribution in [3.8, 4) is 0 Å². The molecule has 0 aliphatic heterocycles. The lowest BCUT2D eigenvalue weighted by molar-refractivity contribution is 0.0953. The molecule has 0 radical (unpaired) electrons. The summed E-state index contributed by atoms with van der Waals surface area (Å²) in [5, 5.41) is 5.87. The van der Waals surface area contributed by atoms with Crippen LogP contribution in [0.3, 0.4) is 0 Å². The Kier molecular flexibility index (Phi) is 8.05. The van der Waals surface area contributed by atoms with Crippen LogP contribution in [0.4, 0.5) is 5.82 Å². The molecule has 106 valence electrons. The second-order valence-corrected chi connectivity index (χ2v) is 5.30. The summed E-state index contributed by atoms with van der Waals surface area (Å²) in [4.78, 5) is 16.1. The van der Waals surface area contributed by atoms with Crippen molar-refractivity contribution in [1.29, 1.82) is 0 Å². The van der Waals surface area contributed by atoms with Gasteiger partial charge in [0.15, 0.2) is 0 Å². The van der Waals surface area contributed by atoms with E-state index < -0.39 is 0 Å². The van der Waals surface area contributed by atoms with Gasteiger partial charge in [-0.1, -0.05) is 12.8 Å². The van der Waals surface area contributed by atoms with Gasteiger partial charge in [-0.25, -0.2) is 4.98 Å². The third kappa shape index (κ3) is 5.96. The van der Waals surface area contributed by atoms with Crippen molar-refractivity contribution in [1.82, 2.24) is 10.3 Å². The molecule has 4 nitrogen and oxygen atoms in total. The van der Waals surface area contributed by atoms with Crippen LogP contribution in [0.15, 0.2) is 18.3 Å². The standard InChI is InChI=1S/C14H23N3OS/c1-15-13-12(8-7-10-16-13)14(18)17-9-5-3-4-6-11-19-2/h7-8,10H,3-6,9,11H2,1-2H3,(H,15,16)(H,17,18). The first-order valence-electron chi connectivity index (χ1n) is 6.69. The number of nitrogens with zero attached hydrogens (tertiary/aromatic N) is 1. The molecule has 0 saturated carbocycles. The van der Waals surface area contributed by atoms with Crippen molar-refractivity contribution in [2.24, 2.45) is 0 Å². The average Bonchev–Trinajstić information content (AvgIpc) is 2.46. The molecule has 0 aliphatic rings. The highest BCUT2D eigenvalue weighted by atomic mass is 32.2. The second-order valence-electron chi connectivity index (χ2n) is 4.31. The molecule has 1 amide bonds. The Morgan fingerprint density at radius 2 is 2.11 bits per heavy atom. The van der Waals surface area contributed by atoms with E-state index in [9.17, 15) is 4.79 Å². The van der Waals surface area contributed by atoms with Crippen molar-refractivity contribution in [3.05, 3.63) is 23.9 Å². The van der Waals surface area contributed by atoms with E-state index in [4.69, 9.17) is 0 Å². The lowest BCUT2D eigenvalue weighted by Crippen LogP contribution is -2.25. The van der Waals surface area contributed by atoms with Crippen molar-refractivity contribution in [3.63, 3.8) is 0 Å². The number of unbranched alkanes of at least 4 members (excludes halogenated alkanes) is 3. The normalized spacial score (nSPS) is 10.2. The maximum Gasteiger partial charge on any atom is 0.255 e. The minimum atomic E-state index is -0.0541. The van der Waals surface area contributed by atoms with E-state index in [1.165, 1.54) is 25.0 Å². The fraction of sp³-hybridized carbons (Fsp3) is 0.571. The highest BCUT2D eigenvalue weighted by Gasteiger charge is 2.09. The van der Waals surface area contributed by atoms with Crippen LogP contribution in [0.2, 0.25) is 0 Å². The lowest BCUT2D eigenvalue weighted by Gasteiger charge is -2.08. The Hall–Kier alpha value is -1.23. The van der Waals surface area contributed by atoms with Crippen molar-refractivity contribution >= 4 is 23.5 Å². The summed E-state index contributed by atoms with van der Waals surface area (Å²) < 4.78 is 0. The van der Waals surface area contributed by atoms with Gasteiger partial charge in [0.05, 0.1) is 5.56 Å². The number of carbonyl (C=O) groups is 1. The first-order chi connectivity index (χ1) is 9.29. The lowest BCUT2D eigenvalue weighted by atomic mass is 10.2. The molecule has 0 saturated heterocycles. The summed E-state index contributed by atoms with van der Waals surface area (Å²) in [6.07, 6.45) is 8.52. The Balaban J connectivity index is 2.24. The number of nitrogens with one attached hydrogen (secondary N) is 2. The number of hydrogen-bond donors (Lipinski definition) is 2. The van der Waals surface area contributed by atoms with E-state index >= 15 is 0 Å². The molecule has 1 aromatic rings. The molecule has 0 aromatic carbocycles.